The van der Waals surface area contributed by atoms with E-state index in [1.807, 2.05) is 13.8 Å². The van der Waals surface area contributed by atoms with E-state index < -0.39 is 6.48 Å². The molecular formula is C6H14O3. The minimum Gasteiger partial charge on any atom is -0.333 e. The summed E-state index contributed by atoms with van der Waals surface area (Å²) < 4.78 is 14.8. The van der Waals surface area contributed by atoms with Gasteiger partial charge in [0.2, 0.25) is 0 Å². The quantitative estimate of drug-likeness (QED) is 0.525. The van der Waals surface area contributed by atoms with E-state index >= 15 is 0 Å². The highest BCUT2D eigenvalue weighted by atomic mass is 16.8. The molecule has 0 saturated carbocycles. The largest absolute Gasteiger partial charge is 0.333 e. The van der Waals surface area contributed by atoms with Crippen molar-refractivity contribution < 1.29 is 14.2 Å². The van der Waals surface area contributed by atoms with Crippen molar-refractivity contribution in [2.24, 2.45) is 0 Å². The summed E-state index contributed by atoms with van der Waals surface area (Å²) in [6, 6.07) is 0. The summed E-state index contributed by atoms with van der Waals surface area (Å²) in [6.07, 6.45) is 0. The first-order chi connectivity index (χ1) is 4.35. The Hall–Kier alpha value is -0.120. The molecule has 0 aromatic heterocycles. The van der Waals surface area contributed by atoms with Crippen molar-refractivity contribution in [3.63, 3.8) is 0 Å². The van der Waals surface area contributed by atoms with Gasteiger partial charge in [-0.1, -0.05) is 0 Å². The maximum atomic E-state index is 4.99. The molecular weight excluding hydrogens is 120 g/mol. The smallest absolute Gasteiger partial charge is 0.271 e. The Morgan fingerprint density at radius 3 is 1.78 bits per heavy atom. The van der Waals surface area contributed by atoms with Crippen molar-refractivity contribution >= 4 is 0 Å². The lowest BCUT2D eigenvalue weighted by Gasteiger charge is -2.13. The average Bonchev–Trinajstić information content (AvgIpc) is 1.88. The van der Waals surface area contributed by atoms with Crippen molar-refractivity contribution in [2.45, 2.75) is 20.3 Å². The van der Waals surface area contributed by atoms with Crippen molar-refractivity contribution in [2.75, 3.05) is 20.3 Å². The first-order valence-electron chi connectivity index (χ1n) is 3.11. The Bertz CT molecular complexity index is 50.3. The van der Waals surface area contributed by atoms with Crippen LogP contribution in [0.2, 0.25) is 0 Å². The molecule has 0 N–H and O–H groups in total. The molecule has 3 heteroatoms. The van der Waals surface area contributed by atoms with E-state index in [9.17, 15) is 0 Å². The predicted molar refractivity (Wildman–Crippen MR) is 34.0 cm³/mol. The SMILES string of the molecule is CCOC(OC)OCC. The summed E-state index contributed by atoms with van der Waals surface area (Å²) in [4.78, 5) is 0. The van der Waals surface area contributed by atoms with E-state index in [-0.39, 0.29) is 0 Å². The van der Waals surface area contributed by atoms with Gasteiger partial charge in [0.25, 0.3) is 6.48 Å². The van der Waals surface area contributed by atoms with Crippen LogP contribution in [-0.4, -0.2) is 26.8 Å². The third kappa shape index (κ3) is 4.39. The molecule has 0 aliphatic carbocycles. The molecule has 0 spiro atoms. The van der Waals surface area contributed by atoms with Crippen molar-refractivity contribution in [1.82, 2.24) is 0 Å². The molecule has 0 amide bonds. The average molecular weight is 134 g/mol. The molecule has 0 aliphatic rings. The number of ether oxygens (including phenoxy) is 3. The molecule has 0 fully saturated rings. The summed E-state index contributed by atoms with van der Waals surface area (Å²) in [6.45, 7) is 4.52. The maximum Gasteiger partial charge on any atom is 0.271 e. The highest BCUT2D eigenvalue weighted by molar-refractivity contribution is 4.19. The van der Waals surface area contributed by atoms with Crippen LogP contribution < -0.4 is 0 Å². The van der Waals surface area contributed by atoms with E-state index in [2.05, 4.69) is 0 Å². The van der Waals surface area contributed by atoms with Crippen molar-refractivity contribution in [1.29, 1.82) is 0 Å². The zero-order valence-electron chi connectivity index (χ0n) is 6.22. The maximum absolute atomic E-state index is 4.99. The van der Waals surface area contributed by atoms with Gasteiger partial charge in [-0.05, 0) is 13.8 Å². The molecule has 56 valence electrons. The van der Waals surface area contributed by atoms with Crippen LogP contribution in [-0.2, 0) is 14.2 Å². The molecule has 0 atom stereocenters. The standard InChI is InChI=1S/C6H14O3/c1-4-8-6(7-3)9-5-2/h6H,4-5H2,1-3H3. The first kappa shape index (κ1) is 8.88. The normalized spacial score (nSPS) is 10.7. The first-order valence-corrected chi connectivity index (χ1v) is 3.11. The summed E-state index contributed by atoms with van der Waals surface area (Å²) >= 11 is 0. The van der Waals surface area contributed by atoms with Gasteiger partial charge in [0, 0.05) is 20.3 Å². The highest BCUT2D eigenvalue weighted by Gasteiger charge is 2.02. The van der Waals surface area contributed by atoms with Crippen molar-refractivity contribution in [3.8, 4) is 0 Å². The minimum atomic E-state index is -0.486. The summed E-state index contributed by atoms with van der Waals surface area (Å²) in [5.74, 6) is 0. The molecule has 0 bridgehead atoms. The van der Waals surface area contributed by atoms with E-state index in [0.29, 0.717) is 13.2 Å². The van der Waals surface area contributed by atoms with E-state index in [4.69, 9.17) is 14.2 Å². The van der Waals surface area contributed by atoms with Crippen LogP contribution >= 0.6 is 0 Å². The van der Waals surface area contributed by atoms with E-state index in [1.54, 1.807) is 7.11 Å². The Labute approximate surface area is 55.9 Å². The molecule has 0 unspecified atom stereocenters. The third-order valence-corrected chi connectivity index (χ3v) is 0.798. The number of rotatable bonds is 5. The molecule has 0 saturated heterocycles. The molecule has 0 aromatic rings. The monoisotopic (exact) mass is 134 g/mol. The van der Waals surface area contributed by atoms with Crippen LogP contribution in [0.4, 0.5) is 0 Å². The summed E-state index contributed by atoms with van der Waals surface area (Å²) in [5.41, 5.74) is 0. The van der Waals surface area contributed by atoms with Gasteiger partial charge in [-0.15, -0.1) is 0 Å². The van der Waals surface area contributed by atoms with Gasteiger partial charge in [0.1, 0.15) is 0 Å². The van der Waals surface area contributed by atoms with Gasteiger partial charge >= 0.3 is 0 Å². The van der Waals surface area contributed by atoms with E-state index in [0.717, 1.165) is 0 Å². The highest BCUT2D eigenvalue weighted by Crippen LogP contribution is 1.93. The van der Waals surface area contributed by atoms with Gasteiger partial charge in [-0.25, -0.2) is 0 Å². The van der Waals surface area contributed by atoms with Gasteiger partial charge in [-0.3, -0.25) is 0 Å². The van der Waals surface area contributed by atoms with Gasteiger partial charge < -0.3 is 14.2 Å². The van der Waals surface area contributed by atoms with Crippen LogP contribution in [0.15, 0.2) is 0 Å². The molecule has 0 rings (SSSR count). The van der Waals surface area contributed by atoms with Gasteiger partial charge in [0.15, 0.2) is 0 Å². The topological polar surface area (TPSA) is 27.7 Å². The van der Waals surface area contributed by atoms with Crippen LogP contribution in [0.25, 0.3) is 0 Å². The second kappa shape index (κ2) is 6.01. The van der Waals surface area contributed by atoms with Crippen LogP contribution in [0.1, 0.15) is 13.8 Å². The molecule has 0 heterocycles. The zero-order valence-corrected chi connectivity index (χ0v) is 6.22. The second-order valence-corrected chi connectivity index (χ2v) is 1.44. The van der Waals surface area contributed by atoms with E-state index in [1.165, 1.54) is 0 Å². The van der Waals surface area contributed by atoms with Gasteiger partial charge in [-0.2, -0.15) is 0 Å². The van der Waals surface area contributed by atoms with Crippen LogP contribution in [0, 0.1) is 0 Å². The fourth-order valence-corrected chi connectivity index (χ4v) is 0.456. The fourth-order valence-electron chi connectivity index (χ4n) is 0.456. The third-order valence-electron chi connectivity index (χ3n) is 0.798. The van der Waals surface area contributed by atoms with Gasteiger partial charge in [0.05, 0.1) is 0 Å². The lowest BCUT2D eigenvalue weighted by molar-refractivity contribution is -0.273. The van der Waals surface area contributed by atoms with Crippen LogP contribution in [0.5, 0.6) is 0 Å². The van der Waals surface area contributed by atoms with Crippen LogP contribution in [0.3, 0.4) is 0 Å². The lowest BCUT2D eigenvalue weighted by Crippen LogP contribution is -2.18. The summed E-state index contributed by atoms with van der Waals surface area (Å²) in [5, 5.41) is 0. The second-order valence-electron chi connectivity index (χ2n) is 1.44. The Balaban J connectivity index is 3.18. The zero-order chi connectivity index (χ0) is 7.11. The molecule has 0 radical (unpaired) electrons. The molecule has 0 aliphatic heterocycles. The minimum absolute atomic E-state index is 0.486. The fraction of sp³-hybridized carbons (Fsp3) is 1.00. The number of hydrogen-bond donors (Lipinski definition) is 0. The number of hydrogen-bond acceptors (Lipinski definition) is 3. The lowest BCUT2D eigenvalue weighted by atomic mass is 10.8. The molecule has 9 heavy (non-hydrogen) atoms. The number of methoxy groups -OCH3 is 1. The van der Waals surface area contributed by atoms with Crippen molar-refractivity contribution in [3.05, 3.63) is 0 Å². The Kier molecular flexibility index (Phi) is 5.93. The molecule has 0 aromatic carbocycles. The molecule has 3 nitrogen and oxygen atoms in total. The predicted octanol–water partition coefficient (Wildman–Crippen LogP) is 0.989. The Morgan fingerprint density at radius 2 is 1.56 bits per heavy atom. The Morgan fingerprint density at radius 1 is 1.11 bits per heavy atom. The summed E-state index contributed by atoms with van der Waals surface area (Å²) in [7, 11) is 1.55.